The van der Waals surface area contributed by atoms with Gasteiger partial charge in [-0.25, -0.2) is 4.79 Å². The van der Waals surface area contributed by atoms with Gasteiger partial charge in [0, 0.05) is 30.9 Å². The Labute approximate surface area is 200 Å². The molecule has 2 saturated carbocycles. The maximum Gasteiger partial charge on any atom is 0.336 e. The molecule has 184 valence electrons. The molecule has 33 heavy (non-hydrogen) atoms. The van der Waals surface area contributed by atoms with Gasteiger partial charge in [-0.15, -0.1) is 0 Å². The third-order valence-corrected chi connectivity index (χ3v) is 7.15. The predicted octanol–water partition coefficient (Wildman–Crippen LogP) is 3.90. The van der Waals surface area contributed by atoms with E-state index < -0.39 is 35.9 Å². The Kier molecular flexibility index (Phi) is 9.56. The number of aliphatic carboxylic acids is 1. The van der Waals surface area contributed by atoms with E-state index in [4.69, 9.17) is 21.1 Å². The minimum atomic E-state index is -1.72. The van der Waals surface area contributed by atoms with Gasteiger partial charge < -0.3 is 24.8 Å². The van der Waals surface area contributed by atoms with Crippen molar-refractivity contribution in [3.05, 3.63) is 34.9 Å². The minimum absolute atomic E-state index is 0.153. The van der Waals surface area contributed by atoms with E-state index in [2.05, 4.69) is 0 Å². The average molecular weight is 483 g/mol. The van der Waals surface area contributed by atoms with E-state index in [-0.39, 0.29) is 25.9 Å². The van der Waals surface area contributed by atoms with E-state index in [0.29, 0.717) is 23.8 Å². The van der Waals surface area contributed by atoms with E-state index in [0.717, 1.165) is 24.8 Å². The molecule has 0 aliphatic heterocycles. The Morgan fingerprint density at radius 2 is 1.76 bits per heavy atom. The number of benzene rings is 1. The quantitative estimate of drug-likeness (QED) is 0.342. The summed E-state index contributed by atoms with van der Waals surface area (Å²) < 4.78 is 11.2. The molecule has 4 atom stereocenters. The molecule has 0 spiro atoms. The van der Waals surface area contributed by atoms with Crippen LogP contribution in [-0.2, 0) is 25.5 Å². The Morgan fingerprint density at radius 3 is 2.42 bits per heavy atom. The third kappa shape index (κ3) is 7.41. The first-order valence-electron chi connectivity index (χ1n) is 12.0. The fourth-order valence-corrected chi connectivity index (χ4v) is 5.05. The van der Waals surface area contributed by atoms with Crippen LogP contribution in [0.3, 0.4) is 0 Å². The van der Waals surface area contributed by atoms with Crippen LogP contribution in [0.2, 0.25) is 5.02 Å². The number of hydrogen-bond acceptors (Lipinski definition) is 6. The molecule has 7 nitrogen and oxygen atoms in total. The number of aliphatic hydroxyl groups excluding tert-OH is 2. The molecule has 8 heteroatoms. The second-order valence-electron chi connectivity index (χ2n) is 9.42. The monoisotopic (exact) mass is 482 g/mol. The Bertz CT molecular complexity index is 777. The van der Waals surface area contributed by atoms with Crippen molar-refractivity contribution in [3.63, 3.8) is 0 Å². The molecular weight excluding hydrogens is 448 g/mol. The number of esters is 1. The first-order chi connectivity index (χ1) is 15.8. The number of carboxylic acids is 1. The normalized spacial score (nSPS) is 28.4. The molecule has 0 unspecified atom stereocenters. The van der Waals surface area contributed by atoms with Gasteiger partial charge in [-0.05, 0) is 42.9 Å². The van der Waals surface area contributed by atoms with Crippen molar-refractivity contribution >= 4 is 23.5 Å². The van der Waals surface area contributed by atoms with Gasteiger partial charge in [0.15, 0.2) is 5.60 Å². The summed E-state index contributed by atoms with van der Waals surface area (Å²) >= 11 is 5.89. The van der Waals surface area contributed by atoms with Crippen molar-refractivity contribution in [2.24, 2.45) is 5.92 Å². The number of hydrogen-bond donors (Lipinski definition) is 3. The summed E-state index contributed by atoms with van der Waals surface area (Å²) in [5, 5.41) is 31.3. The summed E-state index contributed by atoms with van der Waals surface area (Å²) in [4.78, 5) is 24.5. The highest BCUT2D eigenvalue weighted by Gasteiger charge is 2.52. The van der Waals surface area contributed by atoms with Gasteiger partial charge >= 0.3 is 11.9 Å². The molecular formula is C25H35ClO7. The number of ether oxygens (including phenoxy) is 2. The number of halogens is 1. The van der Waals surface area contributed by atoms with Crippen molar-refractivity contribution < 1.29 is 34.4 Å². The smallest absolute Gasteiger partial charge is 0.336 e. The lowest BCUT2D eigenvalue weighted by atomic mass is 9.79. The number of carbonyl (C=O) groups excluding carboxylic acids is 1. The lowest BCUT2D eigenvalue weighted by Crippen LogP contribution is -2.58. The maximum absolute atomic E-state index is 12.4. The van der Waals surface area contributed by atoms with E-state index in [1.807, 2.05) is 12.1 Å². The fraction of sp³-hybridized carbons (Fsp3) is 0.680. The topological polar surface area (TPSA) is 113 Å². The van der Waals surface area contributed by atoms with Crippen LogP contribution in [0.5, 0.6) is 0 Å². The fourth-order valence-electron chi connectivity index (χ4n) is 4.92. The molecule has 3 N–H and O–H groups in total. The standard InChI is InChI=1S/C25H35ClO7/c26-19-11-8-18(9-12-19)7-4-14-32-25(24(30)31)15-20(27)23(29)21(16-25)33-22(28)13-10-17-5-2-1-3-6-17/h8-9,11-12,17,20-21,23,27,29H,1-7,10,13-16H2,(H,30,31)/t20-,21-,23-,25+/m1/s1. The van der Waals surface area contributed by atoms with Gasteiger partial charge in [-0.1, -0.05) is 55.8 Å². The molecule has 1 aromatic carbocycles. The highest BCUT2D eigenvalue weighted by atomic mass is 35.5. The van der Waals surface area contributed by atoms with Gasteiger partial charge in [0.1, 0.15) is 12.2 Å². The molecule has 2 fully saturated rings. The summed E-state index contributed by atoms with van der Waals surface area (Å²) in [6.07, 6.45) is 3.76. The van der Waals surface area contributed by atoms with Crippen LogP contribution in [0.25, 0.3) is 0 Å². The molecule has 0 bridgehead atoms. The molecule has 0 saturated heterocycles. The van der Waals surface area contributed by atoms with Crippen LogP contribution in [0.4, 0.5) is 0 Å². The lowest BCUT2D eigenvalue weighted by Gasteiger charge is -2.42. The molecule has 0 heterocycles. The molecule has 2 aliphatic carbocycles. The zero-order valence-corrected chi connectivity index (χ0v) is 19.7. The number of rotatable bonds is 10. The van der Waals surface area contributed by atoms with Gasteiger partial charge in [0.2, 0.25) is 0 Å². The van der Waals surface area contributed by atoms with Crippen LogP contribution in [0.15, 0.2) is 24.3 Å². The van der Waals surface area contributed by atoms with Crippen molar-refractivity contribution in [2.45, 2.75) is 94.5 Å². The highest BCUT2D eigenvalue weighted by Crippen LogP contribution is 2.35. The van der Waals surface area contributed by atoms with E-state index in [9.17, 15) is 24.9 Å². The lowest BCUT2D eigenvalue weighted by molar-refractivity contribution is -0.208. The Hall–Kier alpha value is -1.67. The summed E-state index contributed by atoms with van der Waals surface area (Å²) in [7, 11) is 0. The summed E-state index contributed by atoms with van der Waals surface area (Å²) in [5.41, 5.74) is -0.663. The highest BCUT2D eigenvalue weighted by molar-refractivity contribution is 6.30. The van der Waals surface area contributed by atoms with Gasteiger partial charge in [0.05, 0.1) is 6.10 Å². The average Bonchev–Trinajstić information content (AvgIpc) is 2.80. The third-order valence-electron chi connectivity index (χ3n) is 6.90. The van der Waals surface area contributed by atoms with Crippen molar-refractivity contribution in [1.82, 2.24) is 0 Å². The second-order valence-corrected chi connectivity index (χ2v) is 9.85. The van der Waals surface area contributed by atoms with Crippen LogP contribution < -0.4 is 0 Å². The molecule has 2 aliphatic rings. The Morgan fingerprint density at radius 1 is 1.06 bits per heavy atom. The van der Waals surface area contributed by atoms with Crippen LogP contribution in [0.1, 0.15) is 69.8 Å². The predicted molar refractivity (Wildman–Crippen MR) is 123 cm³/mol. The van der Waals surface area contributed by atoms with Gasteiger partial charge in [0.25, 0.3) is 0 Å². The number of carbonyl (C=O) groups is 2. The van der Waals surface area contributed by atoms with Crippen LogP contribution in [0, 0.1) is 5.92 Å². The van der Waals surface area contributed by atoms with E-state index in [1.54, 1.807) is 12.1 Å². The van der Waals surface area contributed by atoms with E-state index in [1.165, 1.54) is 19.3 Å². The van der Waals surface area contributed by atoms with Crippen molar-refractivity contribution in [2.75, 3.05) is 6.61 Å². The van der Waals surface area contributed by atoms with Gasteiger partial charge in [-0.3, -0.25) is 4.79 Å². The zero-order valence-electron chi connectivity index (χ0n) is 19.0. The SMILES string of the molecule is O=C(CCC1CCCCC1)O[C@@H]1C[C@](OCCCc2ccc(Cl)cc2)(C(=O)O)C[C@@H](O)[C@H]1O. The molecule has 1 aromatic rings. The largest absolute Gasteiger partial charge is 0.479 e. The maximum atomic E-state index is 12.4. The van der Waals surface area contributed by atoms with Crippen LogP contribution in [-0.4, -0.2) is 57.8 Å². The van der Waals surface area contributed by atoms with Crippen LogP contribution >= 0.6 is 11.6 Å². The van der Waals surface area contributed by atoms with E-state index >= 15 is 0 Å². The molecule has 3 rings (SSSR count). The number of aliphatic hydroxyl groups is 2. The summed E-state index contributed by atoms with van der Waals surface area (Å²) in [5.74, 6) is -1.20. The van der Waals surface area contributed by atoms with Gasteiger partial charge in [-0.2, -0.15) is 0 Å². The molecule has 0 amide bonds. The number of aryl methyl sites for hydroxylation is 1. The molecule has 0 radical (unpaired) electrons. The summed E-state index contributed by atoms with van der Waals surface area (Å²) in [6.45, 7) is 0.153. The van der Waals surface area contributed by atoms with Crippen molar-refractivity contribution in [1.29, 1.82) is 0 Å². The number of carboxylic acid groups (broad SMARTS) is 1. The second kappa shape index (κ2) is 12.2. The van der Waals surface area contributed by atoms with Crippen molar-refractivity contribution in [3.8, 4) is 0 Å². The first kappa shape index (κ1) is 25.9. The minimum Gasteiger partial charge on any atom is -0.479 e. The molecule has 0 aromatic heterocycles. The zero-order chi connectivity index (χ0) is 23.8. The first-order valence-corrected chi connectivity index (χ1v) is 12.3. The summed E-state index contributed by atoms with van der Waals surface area (Å²) in [6, 6.07) is 7.39. The Balaban J connectivity index is 1.53.